The molecule has 0 spiro atoms. The van der Waals surface area contributed by atoms with Crippen LogP contribution in [0, 0.1) is 0 Å². The van der Waals surface area contributed by atoms with Crippen molar-refractivity contribution in [2.75, 3.05) is 0 Å². The van der Waals surface area contributed by atoms with E-state index in [1.165, 1.54) is 0 Å². The third kappa shape index (κ3) is 2.64. The van der Waals surface area contributed by atoms with Gasteiger partial charge >= 0.3 is 0 Å². The average Bonchev–Trinajstić information content (AvgIpc) is 1.85. The summed E-state index contributed by atoms with van der Waals surface area (Å²) in [6.07, 6.45) is 5.40. The van der Waals surface area contributed by atoms with Gasteiger partial charge in [-0.15, -0.1) is 0 Å². The fourth-order valence-corrected chi connectivity index (χ4v) is 1.32. The maximum absolute atomic E-state index is 5.49. The Morgan fingerprint density at radius 3 is 2.18 bits per heavy atom. The molecular formula is C9H16O2. The van der Waals surface area contributed by atoms with E-state index < -0.39 is 0 Å². The summed E-state index contributed by atoms with van der Waals surface area (Å²) < 4.78 is 11.0. The Morgan fingerprint density at radius 1 is 1.18 bits per heavy atom. The predicted molar refractivity (Wildman–Crippen MR) is 44.3 cm³/mol. The first-order chi connectivity index (χ1) is 5.22. The highest BCUT2D eigenvalue weighted by molar-refractivity contribution is 4.84. The lowest BCUT2D eigenvalue weighted by atomic mass is 10.2. The van der Waals surface area contributed by atoms with Gasteiger partial charge in [0.15, 0.2) is 6.29 Å². The van der Waals surface area contributed by atoms with Crippen LogP contribution in [0.15, 0.2) is 12.2 Å². The van der Waals surface area contributed by atoms with Crippen molar-refractivity contribution >= 4 is 0 Å². The number of allylic oxidation sites excluding steroid dienone is 1. The molecule has 1 fully saturated rings. The van der Waals surface area contributed by atoms with E-state index in [0.29, 0.717) is 12.2 Å². The molecule has 2 atom stereocenters. The summed E-state index contributed by atoms with van der Waals surface area (Å²) in [7, 11) is 0. The van der Waals surface area contributed by atoms with Crippen LogP contribution in [0.2, 0.25) is 0 Å². The molecule has 1 heterocycles. The van der Waals surface area contributed by atoms with Crippen molar-refractivity contribution in [3.63, 3.8) is 0 Å². The summed E-state index contributed by atoms with van der Waals surface area (Å²) in [4.78, 5) is 0. The fraction of sp³-hybridized carbons (Fsp3) is 0.778. The van der Waals surface area contributed by atoms with Crippen LogP contribution in [0.4, 0.5) is 0 Å². The number of hydrogen-bond acceptors (Lipinski definition) is 2. The molecule has 0 bridgehead atoms. The molecule has 11 heavy (non-hydrogen) atoms. The van der Waals surface area contributed by atoms with E-state index in [1.807, 2.05) is 19.1 Å². The molecule has 1 rings (SSSR count). The fourth-order valence-electron chi connectivity index (χ4n) is 1.32. The van der Waals surface area contributed by atoms with Crippen LogP contribution in [0.25, 0.3) is 0 Å². The van der Waals surface area contributed by atoms with Crippen LogP contribution < -0.4 is 0 Å². The average molecular weight is 156 g/mol. The highest BCUT2D eigenvalue weighted by atomic mass is 16.7. The molecule has 0 saturated carbocycles. The molecule has 0 N–H and O–H groups in total. The van der Waals surface area contributed by atoms with Crippen LogP contribution >= 0.6 is 0 Å². The van der Waals surface area contributed by atoms with Crippen molar-refractivity contribution in [3.8, 4) is 0 Å². The third-order valence-corrected chi connectivity index (χ3v) is 1.75. The van der Waals surface area contributed by atoms with Crippen molar-refractivity contribution in [1.82, 2.24) is 0 Å². The standard InChI is InChI=1S/C9H16O2/c1-4-5-9-10-7(2)6-8(3)11-9/h4-5,7-9H,6H2,1-3H3/b5-4+/t7-,8-/m1/s1. The number of rotatable bonds is 1. The van der Waals surface area contributed by atoms with Gasteiger partial charge in [0.25, 0.3) is 0 Å². The van der Waals surface area contributed by atoms with Gasteiger partial charge in [0.2, 0.25) is 0 Å². The van der Waals surface area contributed by atoms with Crippen molar-refractivity contribution < 1.29 is 9.47 Å². The van der Waals surface area contributed by atoms with Gasteiger partial charge in [-0.05, 0) is 33.3 Å². The Morgan fingerprint density at radius 2 is 1.73 bits per heavy atom. The Hall–Kier alpha value is -0.340. The van der Waals surface area contributed by atoms with Crippen molar-refractivity contribution in [1.29, 1.82) is 0 Å². The van der Waals surface area contributed by atoms with Crippen LogP contribution in [0.5, 0.6) is 0 Å². The first-order valence-electron chi connectivity index (χ1n) is 4.16. The zero-order valence-corrected chi connectivity index (χ0v) is 7.41. The van der Waals surface area contributed by atoms with Gasteiger partial charge in [0.1, 0.15) is 0 Å². The maximum atomic E-state index is 5.49. The summed E-state index contributed by atoms with van der Waals surface area (Å²) in [5.41, 5.74) is 0. The van der Waals surface area contributed by atoms with E-state index in [9.17, 15) is 0 Å². The number of hydrogen-bond donors (Lipinski definition) is 0. The van der Waals surface area contributed by atoms with Gasteiger partial charge in [0, 0.05) is 0 Å². The molecule has 1 aliphatic rings. The van der Waals surface area contributed by atoms with Gasteiger partial charge in [0.05, 0.1) is 12.2 Å². The minimum Gasteiger partial charge on any atom is -0.346 e. The highest BCUT2D eigenvalue weighted by Crippen LogP contribution is 2.18. The van der Waals surface area contributed by atoms with Gasteiger partial charge in [-0.3, -0.25) is 0 Å². The van der Waals surface area contributed by atoms with Crippen LogP contribution in [-0.4, -0.2) is 18.5 Å². The molecule has 0 radical (unpaired) electrons. The molecule has 2 nitrogen and oxygen atoms in total. The quantitative estimate of drug-likeness (QED) is 0.541. The second-order valence-electron chi connectivity index (χ2n) is 3.02. The SMILES string of the molecule is C/C=C/C1O[C@H](C)C[C@@H](C)O1. The van der Waals surface area contributed by atoms with Crippen molar-refractivity contribution in [2.45, 2.75) is 45.7 Å². The highest BCUT2D eigenvalue weighted by Gasteiger charge is 2.22. The number of ether oxygens (including phenoxy) is 2. The largest absolute Gasteiger partial charge is 0.346 e. The van der Waals surface area contributed by atoms with Gasteiger partial charge < -0.3 is 9.47 Å². The topological polar surface area (TPSA) is 18.5 Å². The first kappa shape index (κ1) is 8.75. The second kappa shape index (κ2) is 3.88. The van der Waals surface area contributed by atoms with Crippen LogP contribution in [0.1, 0.15) is 27.2 Å². The molecule has 0 aliphatic carbocycles. The predicted octanol–water partition coefficient (Wildman–Crippen LogP) is 2.10. The lowest BCUT2D eigenvalue weighted by molar-refractivity contribution is -0.209. The molecule has 0 unspecified atom stereocenters. The Balaban J connectivity index is 2.42. The van der Waals surface area contributed by atoms with Gasteiger partial charge in [-0.2, -0.15) is 0 Å². The summed E-state index contributed by atoms with van der Waals surface area (Å²) in [6, 6.07) is 0. The molecule has 1 saturated heterocycles. The Labute approximate surface area is 68.2 Å². The molecule has 0 aromatic rings. The molecule has 0 amide bonds. The molecule has 0 aromatic carbocycles. The molecule has 0 aromatic heterocycles. The van der Waals surface area contributed by atoms with Gasteiger partial charge in [-0.1, -0.05) is 6.08 Å². The zero-order valence-electron chi connectivity index (χ0n) is 7.41. The monoisotopic (exact) mass is 156 g/mol. The minimum absolute atomic E-state index is 0.126. The summed E-state index contributed by atoms with van der Waals surface area (Å²) in [5.74, 6) is 0. The van der Waals surface area contributed by atoms with Crippen LogP contribution in [-0.2, 0) is 9.47 Å². The van der Waals surface area contributed by atoms with E-state index in [-0.39, 0.29) is 6.29 Å². The molecule has 1 aliphatic heterocycles. The van der Waals surface area contributed by atoms with E-state index in [1.54, 1.807) is 0 Å². The first-order valence-corrected chi connectivity index (χ1v) is 4.16. The van der Waals surface area contributed by atoms with Crippen molar-refractivity contribution in [3.05, 3.63) is 12.2 Å². The minimum atomic E-state index is -0.126. The van der Waals surface area contributed by atoms with E-state index in [2.05, 4.69) is 13.8 Å². The lowest BCUT2D eigenvalue weighted by Gasteiger charge is -2.30. The molecular weight excluding hydrogens is 140 g/mol. The summed E-state index contributed by atoms with van der Waals surface area (Å²) in [6.45, 7) is 6.13. The van der Waals surface area contributed by atoms with Crippen molar-refractivity contribution in [2.24, 2.45) is 0 Å². The molecule has 64 valence electrons. The summed E-state index contributed by atoms with van der Waals surface area (Å²) in [5, 5.41) is 0. The molecule has 2 heteroatoms. The Kier molecular flexibility index (Phi) is 3.09. The van der Waals surface area contributed by atoms with E-state index in [4.69, 9.17) is 9.47 Å². The smallest absolute Gasteiger partial charge is 0.177 e. The summed E-state index contributed by atoms with van der Waals surface area (Å²) >= 11 is 0. The lowest BCUT2D eigenvalue weighted by Crippen LogP contribution is -2.34. The van der Waals surface area contributed by atoms with E-state index in [0.717, 1.165) is 6.42 Å². The second-order valence-corrected chi connectivity index (χ2v) is 3.02. The third-order valence-electron chi connectivity index (χ3n) is 1.75. The zero-order chi connectivity index (χ0) is 8.27. The normalized spacial score (nSPS) is 39.7. The van der Waals surface area contributed by atoms with Gasteiger partial charge in [-0.25, -0.2) is 0 Å². The maximum Gasteiger partial charge on any atom is 0.177 e. The van der Waals surface area contributed by atoms with Crippen LogP contribution in [0.3, 0.4) is 0 Å². The van der Waals surface area contributed by atoms with E-state index >= 15 is 0 Å². The Bertz CT molecular complexity index is 132.